The average Bonchev–Trinajstić information content (AvgIpc) is 2.92. The highest BCUT2D eigenvalue weighted by Gasteiger charge is 2.32. The van der Waals surface area contributed by atoms with Gasteiger partial charge in [0, 0.05) is 23.9 Å². The summed E-state index contributed by atoms with van der Waals surface area (Å²) in [5.41, 5.74) is 1.95. The third-order valence-electron chi connectivity index (χ3n) is 4.48. The lowest BCUT2D eigenvalue weighted by molar-refractivity contribution is -0.139. The number of oxime groups is 1. The first-order valence-electron chi connectivity index (χ1n) is 7.94. The maximum atomic E-state index is 12.4. The van der Waals surface area contributed by atoms with Gasteiger partial charge in [0.1, 0.15) is 0 Å². The molecule has 1 atom stereocenters. The van der Waals surface area contributed by atoms with Crippen LogP contribution in [0.15, 0.2) is 29.4 Å². The lowest BCUT2D eigenvalue weighted by Crippen LogP contribution is -2.42. The van der Waals surface area contributed by atoms with Crippen LogP contribution in [0.2, 0.25) is 5.02 Å². The molecule has 5 heteroatoms. The molecule has 0 radical (unpaired) electrons. The SMILES string of the molecule is CCN(CC1CC(c2ccc(Cl)cc2)=NO1)C(=O)C1CCC1. The summed E-state index contributed by atoms with van der Waals surface area (Å²) in [6, 6.07) is 7.60. The van der Waals surface area contributed by atoms with Crippen LogP contribution in [-0.4, -0.2) is 35.7 Å². The van der Waals surface area contributed by atoms with Crippen LogP contribution in [-0.2, 0) is 9.63 Å². The van der Waals surface area contributed by atoms with Gasteiger partial charge in [-0.3, -0.25) is 4.79 Å². The number of rotatable bonds is 5. The van der Waals surface area contributed by atoms with Gasteiger partial charge in [0.25, 0.3) is 0 Å². The van der Waals surface area contributed by atoms with Crippen molar-refractivity contribution in [2.45, 2.75) is 38.7 Å². The smallest absolute Gasteiger partial charge is 0.225 e. The van der Waals surface area contributed by atoms with Crippen LogP contribution in [0.3, 0.4) is 0 Å². The predicted octanol–water partition coefficient (Wildman–Crippen LogP) is 3.48. The number of benzene rings is 1. The molecular weight excluding hydrogens is 300 g/mol. The van der Waals surface area contributed by atoms with E-state index in [1.807, 2.05) is 36.1 Å². The number of likely N-dealkylation sites (N-methyl/N-ethyl adjacent to an activating group) is 1. The zero-order valence-corrected chi connectivity index (χ0v) is 13.6. The van der Waals surface area contributed by atoms with Gasteiger partial charge in [-0.1, -0.05) is 35.3 Å². The molecule has 1 amide bonds. The largest absolute Gasteiger partial charge is 0.390 e. The zero-order valence-electron chi connectivity index (χ0n) is 12.8. The van der Waals surface area contributed by atoms with Gasteiger partial charge < -0.3 is 9.74 Å². The Kier molecular flexibility index (Phi) is 4.67. The molecule has 1 saturated carbocycles. The fourth-order valence-electron chi connectivity index (χ4n) is 2.87. The summed E-state index contributed by atoms with van der Waals surface area (Å²) < 4.78 is 0. The molecule has 0 N–H and O–H groups in total. The van der Waals surface area contributed by atoms with Gasteiger partial charge in [0.2, 0.25) is 5.91 Å². The fourth-order valence-corrected chi connectivity index (χ4v) is 3.00. The molecule has 1 heterocycles. The summed E-state index contributed by atoms with van der Waals surface area (Å²) in [5, 5.41) is 4.89. The third kappa shape index (κ3) is 3.27. The number of carbonyl (C=O) groups is 1. The quantitative estimate of drug-likeness (QED) is 0.833. The van der Waals surface area contributed by atoms with Crippen molar-refractivity contribution in [2.75, 3.05) is 13.1 Å². The average molecular weight is 321 g/mol. The molecule has 0 aromatic heterocycles. The van der Waals surface area contributed by atoms with E-state index in [0.29, 0.717) is 11.6 Å². The van der Waals surface area contributed by atoms with Crippen molar-refractivity contribution in [1.82, 2.24) is 4.90 Å². The van der Waals surface area contributed by atoms with Crippen LogP contribution in [0, 0.1) is 5.92 Å². The summed E-state index contributed by atoms with van der Waals surface area (Å²) in [4.78, 5) is 19.8. The van der Waals surface area contributed by atoms with Crippen LogP contribution in [0.25, 0.3) is 0 Å². The van der Waals surface area contributed by atoms with Gasteiger partial charge in [-0.15, -0.1) is 0 Å². The molecule has 2 aliphatic rings. The minimum Gasteiger partial charge on any atom is -0.390 e. The third-order valence-corrected chi connectivity index (χ3v) is 4.73. The van der Waals surface area contributed by atoms with Crippen molar-refractivity contribution in [3.8, 4) is 0 Å². The molecule has 1 unspecified atom stereocenters. The Morgan fingerprint density at radius 3 is 2.68 bits per heavy atom. The summed E-state index contributed by atoms with van der Waals surface area (Å²) in [6.07, 6.45) is 3.93. The fraction of sp³-hybridized carbons (Fsp3) is 0.529. The van der Waals surface area contributed by atoms with Gasteiger partial charge in [-0.05, 0) is 37.5 Å². The lowest BCUT2D eigenvalue weighted by atomic mass is 9.84. The normalized spacial score (nSPS) is 21.0. The van der Waals surface area contributed by atoms with Crippen LogP contribution >= 0.6 is 11.6 Å². The van der Waals surface area contributed by atoms with Gasteiger partial charge in [-0.25, -0.2) is 0 Å². The Morgan fingerprint density at radius 1 is 1.36 bits per heavy atom. The van der Waals surface area contributed by atoms with Crippen molar-refractivity contribution in [3.63, 3.8) is 0 Å². The molecule has 1 aromatic carbocycles. The van der Waals surface area contributed by atoms with Crippen molar-refractivity contribution in [2.24, 2.45) is 11.1 Å². The molecule has 1 fully saturated rings. The van der Waals surface area contributed by atoms with E-state index in [0.717, 1.165) is 37.1 Å². The van der Waals surface area contributed by atoms with Crippen LogP contribution in [0.1, 0.15) is 38.2 Å². The summed E-state index contributed by atoms with van der Waals surface area (Å²) in [5.74, 6) is 0.510. The maximum Gasteiger partial charge on any atom is 0.225 e. The molecule has 118 valence electrons. The number of carbonyl (C=O) groups excluding carboxylic acids is 1. The molecule has 1 aliphatic carbocycles. The van der Waals surface area contributed by atoms with E-state index in [-0.39, 0.29) is 17.9 Å². The van der Waals surface area contributed by atoms with E-state index >= 15 is 0 Å². The highest BCUT2D eigenvalue weighted by atomic mass is 35.5. The molecular formula is C17H21ClN2O2. The van der Waals surface area contributed by atoms with E-state index in [1.54, 1.807) is 0 Å². The first-order chi connectivity index (χ1) is 10.7. The van der Waals surface area contributed by atoms with E-state index < -0.39 is 0 Å². The molecule has 4 nitrogen and oxygen atoms in total. The predicted molar refractivity (Wildman–Crippen MR) is 87.1 cm³/mol. The molecule has 1 aliphatic heterocycles. The molecule has 0 bridgehead atoms. The molecule has 0 spiro atoms. The van der Waals surface area contributed by atoms with Crippen molar-refractivity contribution >= 4 is 23.2 Å². The van der Waals surface area contributed by atoms with Gasteiger partial charge in [0.15, 0.2) is 6.10 Å². The molecule has 3 rings (SSSR count). The highest BCUT2D eigenvalue weighted by molar-refractivity contribution is 6.30. The number of nitrogens with zero attached hydrogens (tertiary/aromatic N) is 2. The van der Waals surface area contributed by atoms with E-state index in [9.17, 15) is 4.79 Å². The topological polar surface area (TPSA) is 41.9 Å². The molecule has 1 aromatic rings. The lowest BCUT2D eigenvalue weighted by Gasteiger charge is -2.31. The van der Waals surface area contributed by atoms with Crippen LogP contribution in [0.5, 0.6) is 0 Å². The van der Waals surface area contributed by atoms with Crippen molar-refractivity contribution in [3.05, 3.63) is 34.9 Å². The minimum absolute atomic E-state index is 0.0466. The Hall–Kier alpha value is -1.55. The second-order valence-corrected chi connectivity index (χ2v) is 6.42. The van der Waals surface area contributed by atoms with Gasteiger partial charge in [-0.2, -0.15) is 0 Å². The maximum absolute atomic E-state index is 12.4. The van der Waals surface area contributed by atoms with E-state index in [2.05, 4.69) is 5.16 Å². The second kappa shape index (κ2) is 6.69. The number of hydrogen-bond acceptors (Lipinski definition) is 3. The Morgan fingerprint density at radius 2 is 2.09 bits per heavy atom. The first-order valence-corrected chi connectivity index (χ1v) is 8.32. The van der Waals surface area contributed by atoms with Crippen LogP contribution in [0.4, 0.5) is 0 Å². The first kappa shape index (κ1) is 15.3. The Bertz CT molecular complexity index is 567. The number of halogens is 1. The minimum atomic E-state index is -0.0466. The van der Waals surface area contributed by atoms with Gasteiger partial charge >= 0.3 is 0 Å². The zero-order chi connectivity index (χ0) is 15.5. The Balaban J connectivity index is 1.56. The van der Waals surface area contributed by atoms with E-state index in [1.165, 1.54) is 6.42 Å². The Labute approximate surface area is 136 Å². The second-order valence-electron chi connectivity index (χ2n) is 5.98. The summed E-state index contributed by atoms with van der Waals surface area (Å²) in [7, 11) is 0. The van der Waals surface area contributed by atoms with Crippen LogP contribution < -0.4 is 0 Å². The standard InChI is InChI=1S/C17H21ClN2O2/c1-2-20(17(21)13-4-3-5-13)11-15-10-16(19-22-15)12-6-8-14(18)9-7-12/h6-9,13,15H,2-5,10-11H2,1H3. The monoisotopic (exact) mass is 320 g/mol. The summed E-state index contributed by atoms with van der Waals surface area (Å²) in [6.45, 7) is 3.37. The number of amides is 1. The van der Waals surface area contributed by atoms with E-state index in [4.69, 9.17) is 16.4 Å². The summed E-state index contributed by atoms with van der Waals surface area (Å²) >= 11 is 5.90. The number of hydrogen-bond donors (Lipinski definition) is 0. The van der Waals surface area contributed by atoms with Gasteiger partial charge in [0.05, 0.1) is 12.3 Å². The molecule has 0 saturated heterocycles. The molecule has 22 heavy (non-hydrogen) atoms. The highest BCUT2D eigenvalue weighted by Crippen LogP contribution is 2.29. The van der Waals surface area contributed by atoms with Crippen molar-refractivity contribution in [1.29, 1.82) is 0 Å². The van der Waals surface area contributed by atoms with Crippen molar-refractivity contribution < 1.29 is 9.63 Å².